The van der Waals surface area contributed by atoms with Crippen molar-refractivity contribution in [3.63, 3.8) is 0 Å². The van der Waals surface area contributed by atoms with Crippen LogP contribution in [0.5, 0.6) is 11.5 Å². The molecule has 2 radical (unpaired) electrons. The first-order valence-corrected chi connectivity index (χ1v) is 14.1. The highest BCUT2D eigenvalue weighted by Crippen LogP contribution is 2.18. The Morgan fingerprint density at radius 1 is 0.760 bits per heavy atom. The van der Waals surface area contributed by atoms with Crippen LogP contribution in [0.4, 0.5) is 0 Å². The van der Waals surface area contributed by atoms with E-state index in [4.69, 9.17) is 9.47 Å². The molecule has 2 aromatic rings. The molecule has 2 nitrogen and oxygen atoms in total. The van der Waals surface area contributed by atoms with Crippen LogP contribution in [0, 0.1) is 0 Å². The summed E-state index contributed by atoms with van der Waals surface area (Å²) < 4.78 is 12.7. The lowest BCUT2D eigenvalue weighted by molar-refractivity contribution is -0.000622. The van der Waals surface area contributed by atoms with Crippen molar-refractivity contribution in [3.8, 4) is 11.5 Å². The number of unbranched alkanes of at least 4 members (excludes halogenated alkanes) is 1. The highest BCUT2D eigenvalue weighted by molar-refractivity contribution is 6.72. The predicted molar refractivity (Wildman–Crippen MR) is 112 cm³/mol. The van der Waals surface area contributed by atoms with E-state index in [-0.39, 0.29) is 6.29 Å². The van der Waals surface area contributed by atoms with Gasteiger partial charge in [0.15, 0.2) is 0 Å². The van der Waals surface area contributed by atoms with Gasteiger partial charge in [-0.05, 0) is 28.9 Å². The molecule has 0 amide bonds. The molecule has 0 aromatic heterocycles. The molecule has 0 N–H and O–H groups in total. The first-order valence-electron chi connectivity index (χ1n) is 9.15. The van der Waals surface area contributed by atoms with Crippen molar-refractivity contribution in [1.82, 2.24) is 0 Å². The second-order valence-corrected chi connectivity index (χ2v) is 11.9. The number of para-hydroxylation sites is 2. The van der Waals surface area contributed by atoms with Gasteiger partial charge in [-0.15, -0.1) is 0 Å². The molecule has 2 rings (SSSR count). The zero-order chi connectivity index (χ0) is 18.2. The van der Waals surface area contributed by atoms with Crippen LogP contribution in [0.2, 0.25) is 26.2 Å². The van der Waals surface area contributed by atoms with Crippen LogP contribution in [0.3, 0.4) is 0 Å². The molecule has 134 valence electrons. The normalized spacial score (nSPS) is 11.4. The van der Waals surface area contributed by atoms with Crippen LogP contribution in [0.1, 0.15) is 26.2 Å². The van der Waals surface area contributed by atoms with Crippen LogP contribution in [-0.2, 0) is 0 Å². The molecular weight excluding hydrogens is 340 g/mol. The Bertz CT molecular complexity index is 602. The third kappa shape index (κ3) is 5.75. The van der Waals surface area contributed by atoms with Gasteiger partial charge in [0.05, 0.1) is 17.6 Å². The topological polar surface area (TPSA) is 18.5 Å². The summed E-state index contributed by atoms with van der Waals surface area (Å²) in [6.07, 6.45) is 2.91. The molecule has 0 unspecified atom stereocenters. The minimum Gasteiger partial charge on any atom is -0.455 e. The van der Waals surface area contributed by atoms with Crippen molar-refractivity contribution in [2.75, 3.05) is 0 Å². The smallest absolute Gasteiger partial charge is 0.241 e. The van der Waals surface area contributed by atoms with Crippen LogP contribution in [-0.4, -0.2) is 23.9 Å². The summed E-state index contributed by atoms with van der Waals surface area (Å²) in [6.45, 7) is 11.4. The van der Waals surface area contributed by atoms with E-state index in [1.807, 2.05) is 12.1 Å². The fraction of sp³-hybridized carbons (Fsp3) is 0.429. The maximum Gasteiger partial charge on any atom is 0.241 e. The summed E-state index contributed by atoms with van der Waals surface area (Å²) in [7, 11) is -1.15. The van der Waals surface area contributed by atoms with Crippen LogP contribution in [0.15, 0.2) is 48.5 Å². The Kier molecular flexibility index (Phi) is 7.78. The van der Waals surface area contributed by atoms with E-state index in [0.717, 1.165) is 30.8 Å². The van der Waals surface area contributed by atoms with Gasteiger partial charge in [-0.3, -0.25) is 0 Å². The third-order valence-electron chi connectivity index (χ3n) is 4.16. The van der Waals surface area contributed by atoms with Gasteiger partial charge in [0.2, 0.25) is 6.29 Å². The zero-order valence-corrected chi connectivity index (χ0v) is 18.1. The first-order chi connectivity index (χ1) is 12.0. The van der Waals surface area contributed by atoms with E-state index in [9.17, 15) is 0 Å². The van der Waals surface area contributed by atoms with Crippen LogP contribution < -0.4 is 19.8 Å². The maximum atomic E-state index is 6.36. The second-order valence-electron chi connectivity index (χ2n) is 6.80. The highest BCUT2D eigenvalue weighted by Gasteiger charge is 2.18. The standard InChI is InChI=1S/C21H30O2Si2/c1-6-7-16-21(22-17-12-8-10-14-19(17)24(2)3)23-18-13-9-11-15-20(18)25(4)5/h8-15,21H,6-7,16H2,1-5H3. The van der Waals surface area contributed by atoms with E-state index in [1.165, 1.54) is 10.4 Å². The van der Waals surface area contributed by atoms with Crippen molar-refractivity contribution in [1.29, 1.82) is 0 Å². The van der Waals surface area contributed by atoms with Crippen LogP contribution >= 0.6 is 0 Å². The Morgan fingerprint density at radius 2 is 1.20 bits per heavy atom. The molecule has 0 fully saturated rings. The molecule has 0 aliphatic heterocycles. The minimum atomic E-state index is -0.576. The summed E-state index contributed by atoms with van der Waals surface area (Å²) in [5, 5.41) is 2.67. The summed E-state index contributed by atoms with van der Waals surface area (Å²) in [5.74, 6) is 1.97. The molecule has 0 aliphatic rings. The van der Waals surface area contributed by atoms with Gasteiger partial charge < -0.3 is 9.47 Å². The Labute approximate surface area is 156 Å². The second kappa shape index (κ2) is 9.83. The molecule has 2 aromatic carbocycles. The maximum absolute atomic E-state index is 6.36. The van der Waals surface area contributed by atoms with Crippen molar-refractivity contribution < 1.29 is 9.47 Å². The van der Waals surface area contributed by atoms with Gasteiger partial charge >= 0.3 is 0 Å². The first kappa shape index (κ1) is 19.8. The molecule has 0 aliphatic carbocycles. The molecule has 0 bridgehead atoms. The third-order valence-corrected chi connectivity index (χ3v) is 7.14. The van der Waals surface area contributed by atoms with Crippen LogP contribution in [0.25, 0.3) is 0 Å². The highest BCUT2D eigenvalue weighted by atomic mass is 28.3. The largest absolute Gasteiger partial charge is 0.455 e. The SMILES string of the molecule is CCCCC(Oc1ccccc1[Si](C)C)Oc1ccccc1[Si](C)C. The Balaban J connectivity index is 2.23. The van der Waals surface area contributed by atoms with Gasteiger partial charge in [0.1, 0.15) is 11.5 Å². The summed E-state index contributed by atoms with van der Waals surface area (Å²) in [6, 6.07) is 16.8. The van der Waals surface area contributed by atoms with Crippen molar-refractivity contribution in [3.05, 3.63) is 48.5 Å². The fourth-order valence-corrected chi connectivity index (χ4v) is 4.89. The Hall–Kier alpha value is -1.53. The van der Waals surface area contributed by atoms with Crippen molar-refractivity contribution in [2.24, 2.45) is 0 Å². The number of ether oxygens (including phenoxy) is 2. The van der Waals surface area contributed by atoms with E-state index >= 15 is 0 Å². The van der Waals surface area contributed by atoms with Gasteiger partial charge in [0.25, 0.3) is 0 Å². The van der Waals surface area contributed by atoms with Gasteiger partial charge in [-0.2, -0.15) is 0 Å². The molecule has 0 heterocycles. The van der Waals surface area contributed by atoms with Gasteiger partial charge in [0, 0.05) is 6.42 Å². The average molecular weight is 371 g/mol. The molecule has 0 spiro atoms. The molecular formula is C21H30O2Si2. The quantitative estimate of drug-likeness (QED) is 0.475. The van der Waals surface area contributed by atoms with Crippen molar-refractivity contribution >= 4 is 28.0 Å². The lowest BCUT2D eigenvalue weighted by Gasteiger charge is -2.24. The van der Waals surface area contributed by atoms with Gasteiger partial charge in [-0.25, -0.2) is 0 Å². The average Bonchev–Trinajstić information content (AvgIpc) is 2.60. The van der Waals surface area contributed by atoms with E-state index in [1.54, 1.807) is 0 Å². The predicted octanol–water partition coefficient (Wildman–Crippen LogP) is 4.58. The van der Waals surface area contributed by atoms with E-state index in [0.29, 0.717) is 0 Å². The van der Waals surface area contributed by atoms with E-state index in [2.05, 4.69) is 69.5 Å². The zero-order valence-electron chi connectivity index (χ0n) is 16.1. The van der Waals surface area contributed by atoms with E-state index < -0.39 is 17.6 Å². The Morgan fingerprint density at radius 3 is 1.60 bits per heavy atom. The monoisotopic (exact) mass is 370 g/mol. The summed E-state index contributed by atoms with van der Waals surface area (Å²) in [4.78, 5) is 0. The molecule has 0 saturated carbocycles. The fourth-order valence-electron chi connectivity index (χ4n) is 2.76. The number of rotatable bonds is 9. The van der Waals surface area contributed by atoms with Gasteiger partial charge in [-0.1, -0.05) is 75.9 Å². The minimum absolute atomic E-state index is 0.232. The number of hydrogen-bond acceptors (Lipinski definition) is 2. The lowest BCUT2D eigenvalue weighted by atomic mass is 10.2. The molecule has 25 heavy (non-hydrogen) atoms. The summed E-state index contributed by atoms with van der Waals surface area (Å²) in [5.41, 5.74) is 0. The molecule has 0 saturated heterocycles. The molecule has 4 heteroatoms. The molecule has 0 atom stereocenters. The van der Waals surface area contributed by atoms with Crippen molar-refractivity contribution in [2.45, 2.75) is 58.7 Å². The number of benzene rings is 2. The summed E-state index contributed by atoms with van der Waals surface area (Å²) >= 11 is 0. The number of hydrogen-bond donors (Lipinski definition) is 0. The lowest BCUT2D eigenvalue weighted by Crippen LogP contribution is -2.33.